The molecule has 0 aliphatic carbocycles. The number of aryl methyl sites for hydroxylation is 2. The van der Waals surface area contributed by atoms with Crippen LogP contribution >= 0.6 is 0 Å². The van der Waals surface area contributed by atoms with Crippen LogP contribution in [0.5, 0.6) is 5.75 Å². The first kappa shape index (κ1) is 15.3. The fourth-order valence-corrected chi connectivity index (χ4v) is 2.88. The van der Waals surface area contributed by atoms with Crippen molar-refractivity contribution in [3.05, 3.63) is 64.0 Å². The van der Waals surface area contributed by atoms with Gasteiger partial charge in [-0.15, -0.1) is 0 Å². The first-order valence-corrected chi connectivity index (χ1v) is 7.94. The minimum atomic E-state index is 0.00713. The van der Waals surface area contributed by atoms with Crippen LogP contribution in [-0.4, -0.2) is 6.61 Å². The number of hydrogen-bond donors (Lipinski definition) is 0. The molecule has 1 aromatic heterocycles. The minimum absolute atomic E-state index is 0.00713. The van der Waals surface area contributed by atoms with E-state index in [2.05, 4.69) is 6.92 Å². The van der Waals surface area contributed by atoms with Crippen molar-refractivity contribution in [2.45, 2.75) is 27.2 Å². The van der Waals surface area contributed by atoms with E-state index >= 15 is 0 Å². The van der Waals surface area contributed by atoms with Crippen molar-refractivity contribution in [2.24, 2.45) is 0 Å². The zero-order valence-electron chi connectivity index (χ0n) is 13.7. The van der Waals surface area contributed by atoms with E-state index in [-0.39, 0.29) is 5.43 Å². The number of hydrogen-bond acceptors (Lipinski definition) is 3. The number of ether oxygens (including phenoxy) is 1. The summed E-state index contributed by atoms with van der Waals surface area (Å²) >= 11 is 0. The van der Waals surface area contributed by atoms with E-state index in [4.69, 9.17) is 9.15 Å². The molecule has 0 N–H and O–H groups in total. The molecule has 3 heteroatoms. The summed E-state index contributed by atoms with van der Waals surface area (Å²) in [4.78, 5) is 13.0. The summed E-state index contributed by atoms with van der Waals surface area (Å²) in [5, 5.41) is 0.606. The highest BCUT2D eigenvalue weighted by molar-refractivity contribution is 5.84. The Bertz CT molecular complexity index is 892. The van der Waals surface area contributed by atoms with Crippen molar-refractivity contribution in [3.8, 4) is 16.9 Å². The highest BCUT2D eigenvalue weighted by atomic mass is 16.5. The molecule has 2 aromatic carbocycles. The van der Waals surface area contributed by atoms with Crippen LogP contribution in [0.2, 0.25) is 0 Å². The molecule has 3 aromatic rings. The Labute approximate surface area is 135 Å². The average molecular weight is 308 g/mol. The lowest BCUT2D eigenvalue weighted by atomic mass is 10.0. The summed E-state index contributed by atoms with van der Waals surface area (Å²) < 4.78 is 11.6. The molecule has 3 nitrogen and oxygen atoms in total. The van der Waals surface area contributed by atoms with E-state index in [9.17, 15) is 4.79 Å². The van der Waals surface area contributed by atoms with E-state index in [1.807, 2.05) is 56.3 Å². The topological polar surface area (TPSA) is 39.4 Å². The number of rotatable bonds is 4. The van der Waals surface area contributed by atoms with Crippen LogP contribution in [0, 0.1) is 6.92 Å². The van der Waals surface area contributed by atoms with Gasteiger partial charge in [0.25, 0.3) is 0 Å². The lowest BCUT2D eigenvalue weighted by Crippen LogP contribution is -2.08. The van der Waals surface area contributed by atoms with Crippen molar-refractivity contribution in [1.82, 2.24) is 0 Å². The predicted molar refractivity (Wildman–Crippen MR) is 93.2 cm³/mol. The van der Waals surface area contributed by atoms with Crippen LogP contribution in [0.4, 0.5) is 0 Å². The molecule has 0 saturated carbocycles. The van der Waals surface area contributed by atoms with Gasteiger partial charge in [0.05, 0.1) is 17.6 Å². The quantitative estimate of drug-likeness (QED) is 0.699. The van der Waals surface area contributed by atoms with E-state index in [1.165, 1.54) is 0 Å². The van der Waals surface area contributed by atoms with Crippen LogP contribution in [0.1, 0.15) is 25.2 Å². The molecule has 0 aliphatic heterocycles. The highest BCUT2D eigenvalue weighted by Gasteiger charge is 2.15. The second-order valence-corrected chi connectivity index (χ2v) is 5.47. The van der Waals surface area contributed by atoms with Gasteiger partial charge in [-0.3, -0.25) is 4.79 Å². The van der Waals surface area contributed by atoms with E-state index in [0.29, 0.717) is 28.9 Å². The smallest absolute Gasteiger partial charge is 0.200 e. The second kappa shape index (κ2) is 6.29. The van der Waals surface area contributed by atoms with Gasteiger partial charge in [0, 0.05) is 6.07 Å². The predicted octanol–water partition coefficient (Wildman–Crippen LogP) is 4.73. The maximum atomic E-state index is 13.0. The molecule has 0 unspecified atom stereocenters. The third kappa shape index (κ3) is 2.74. The first-order chi connectivity index (χ1) is 11.2. The molecular formula is C20H20O3. The largest absolute Gasteiger partial charge is 0.493 e. The van der Waals surface area contributed by atoms with E-state index < -0.39 is 0 Å². The number of benzene rings is 2. The first-order valence-electron chi connectivity index (χ1n) is 7.94. The Morgan fingerprint density at radius 1 is 1.09 bits per heavy atom. The zero-order valence-corrected chi connectivity index (χ0v) is 13.7. The van der Waals surface area contributed by atoms with Crippen molar-refractivity contribution in [3.63, 3.8) is 0 Å². The van der Waals surface area contributed by atoms with Gasteiger partial charge in [-0.1, -0.05) is 37.3 Å². The molecular weight excluding hydrogens is 288 g/mol. The molecule has 0 radical (unpaired) electrons. The third-order valence-electron chi connectivity index (χ3n) is 3.99. The number of fused-ring (bicyclic) bond motifs is 1. The molecule has 0 aliphatic rings. The molecule has 23 heavy (non-hydrogen) atoms. The van der Waals surface area contributed by atoms with Crippen LogP contribution in [-0.2, 0) is 6.42 Å². The minimum Gasteiger partial charge on any atom is -0.493 e. The Kier molecular flexibility index (Phi) is 4.20. The fourth-order valence-electron chi connectivity index (χ4n) is 2.88. The monoisotopic (exact) mass is 308 g/mol. The van der Waals surface area contributed by atoms with Crippen molar-refractivity contribution in [2.75, 3.05) is 6.61 Å². The average Bonchev–Trinajstić information content (AvgIpc) is 2.56. The van der Waals surface area contributed by atoms with Crippen molar-refractivity contribution >= 4 is 11.0 Å². The van der Waals surface area contributed by atoms with Crippen LogP contribution in [0.3, 0.4) is 0 Å². The molecule has 3 rings (SSSR count). The van der Waals surface area contributed by atoms with Crippen molar-refractivity contribution in [1.29, 1.82) is 0 Å². The zero-order chi connectivity index (χ0) is 16.4. The van der Waals surface area contributed by atoms with Gasteiger partial charge in [0.2, 0.25) is 5.43 Å². The highest BCUT2D eigenvalue weighted by Crippen LogP contribution is 2.29. The third-order valence-corrected chi connectivity index (χ3v) is 3.99. The van der Waals surface area contributed by atoms with Crippen LogP contribution in [0.15, 0.2) is 51.7 Å². The van der Waals surface area contributed by atoms with Crippen molar-refractivity contribution < 1.29 is 9.15 Å². The molecule has 0 spiro atoms. The standard InChI is InChI=1S/C20H20O3/c1-4-14-11-16-18(12-17(14)22-5-2)23-13(3)19(20(16)21)15-9-7-6-8-10-15/h6-12H,4-5H2,1-3H3. The lowest BCUT2D eigenvalue weighted by molar-refractivity contribution is 0.336. The Morgan fingerprint density at radius 3 is 2.48 bits per heavy atom. The SMILES string of the molecule is CCOc1cc2oc(C)c(-c3ccccc3)c(=O)c2cc1CC. The summed E-state index contributed by atoms with van der Waals surface area (Å²) in [7, 11) is 0. The second-order valence-electron chi connectivity index (χ2n) is 5.47. The van der Waals surface area contributed by atoms with Gasteiger partial charge >= 0.3 is 0 Å². The van der Waals surface area contributed by atoms with Crippen LogP contribution < -0.4 is 10.2 Å². The molecule has 1 heterocycles. The Hall–Kier alpha value is -2.55. The fraction of sp³-hybridized carbons (Fsp3) is 0.250. The van der Waals surface area contributed by atoms with Gasteiger partial charge in [-0.25, -0.2) is 0 Å². The maximum absolute atomic E-state index is 13.0. The molecule has 0 atom stereocenters. The maximum Gasteiger partial charge on any atom is 0.200 e. The molecule has 0 saturated heterocycles. The van der Waals surface area contributed by atoms with Gasteiger partial charge in [0.1, 0.15) is 17.1 Å². The van der Waals surface area contributed by atoms with Gasteiger partial charge < -0.3 is 9.15 Å². The van der Waals surface area contributed by atoms with Gasteiger partial charge in [-0.05, 0) is 37.5 Å². The summed E-state index contributed by atoms with van der Waals surface area (Å²) in [6.07, 6.45) is 0.805. The summed E-state index contributed by atoms with van der Waals surface area (Å²) in [5.41, 5.74) is 3.12. The van der Waals surface area contributed by atoms with Gasteiger partial charge in [-0.2, -0.15) is 0 Å². The summed E-state index contributed by atoms with van der Waals surface area (Å²) in [5.74, 6) is 1.41. The van der Waals surface area contributed by atoms with E-state index in [0.717, 1.165) is 23.3 Å². The normalized spacial score (nSPS) is 10.9. The summed E-state index contributed by atoms with van der Waals surface area (Å²) in [6.45, 7) is 6.42. The Balaban J connectivity index is 2.31. The summed E-state index contributed by atoms with van der Waals surface area (Å²) in [6, 6.07) is 13.4. The van der Waals surface area contributed by atoms with Crippen LogP contribution in [0.25, 0.3) is 22.1 Å². The molecule has 0 amide bonds. The molecule has 0 bridgehead atoms. The Morgan fingerprint density at radius 2 is 1.83 bits per heavy atom. The lowest BCUT2D eigenvalue weighted by Gasteiger charge is -2.12. The molecule has 118 valence electrons. The van der Waals surface area contributed by atoms with Gasteiger partial charge in [0.15, 0.2) is 0 Å². The van der Waals surface area contributed by atoms with E-state index in [1.54, 1.807) is 0 Å². The molecule has 0 fully saturated rings.